The minimum Gasteiger partial charge on any atom is -0.465 e. The largest absolute Gasteiger partial charge is 0.465 e. The molecule has 1 saturated carbocycles. The summed E-state index contributed by atoms with van der Waals surface area (Å²) in [5, 5.41) is 6.55. The summed E-state index contributed by atoms with van der Waals surface area (Å²) in [7, 11) is 1.30. The van der Waals surface area contributed by atoms with Gasteiger partial charge in [-0.2, -0.15) is 0 Å². The van der Waals surface area contributed by atoms with Crippen LogP contribution in [0.2, 0.25) is 0 Å². The smallest absolute Gasteiger partial charge is 0.343 e. The van der Waals surface area contributed by atoms with Gasteiger partial charge in [-0.15, -0.1) is 11.3 Å². The molecule has 2 rings (SSSR count). The van der Waals surface area contributed by atoms with Gasteiger partial charge in [-0.05, 0) is 25.2 Å². The highest BCUT2D eigenvalue weighted by atomic mass is 32.1. The van der Waals surface area contributed by atoms with Crippen LogP contribution in [0, 0.1) is 5.41 Å². The number of methoxy groups -OCH3 is 1. The summed E-state index contributed by atoms with van der Waals surface area (Å²) < 4.78 is 4.77. The Balaban J connectivity index is 2.29. The highest BCUT2D eigenvalue weighted by molar-refractivity contribution is 7.19. The van der Waals surface area contributed by atoms with E-state index in [1.54, 1.807) is 0 Å². The molecule has 1 fully saturated rings. The summed E-state index contributed by atoms with van der Waals surface area (Å²) in [5.74, 6) is -0.793. The molecule has 7 heteroatoms. The van der Waals surface area contributed by atoms with Crippen LogP contribution in [0.4, 0.5) is 10.7 Å². The molecule has 0 spiro atoms. The van der Waals surface area contributed by atoms with Gasteiger partial charge in [-0.1, -0.05) is 6.92 Å². The molecule has 6 nitrogen and oxygen atoms in total. The van der Waals surface area contributed by atoms with E-state index < -0.39 is 5.97 Å². The predicted octanol–water partition coefficient (Wildman–Crippen LogP) is 2.08. The van der Waals surface area contributed by atoms with Crippen LogP contribution < -0.4 is 16.4 Å². The summed E-state index contributed by atoms with van der Waals surface area (Å²) in [6, 6.07) is 0. The van der Waals surface area contributed by atoms with Gasteiger partial charge in [0.15, 0.2) is 0 Å². The molecule has 1 aromatic heterocycles. The highest BCUT2D eigenvalue weighted by Gasteiger charge is 2.37. The van der Waals surface area contributed by atoms with Crippen molar-refractivity contribution in [2.24, 2.45) is 5.41 Å². The molecule has 21 heavy (non-hydrogen) atoms. The molecule has 0 bridgehead atoms. The molecule has 0 aromatic carbocycles. The average Bonchev–Trinajstić information content (AvgIpc) is 3.09. The molecule has 1 heterocycles. The minimum atomic E-state index is -0.525. The Kier molecular flexibility index (Phi) is 4.41. The first-order valence-corrected chi connectivity index (χ1v) is 7.76. The Morgan fingerprint density at radius 1 is 1.43 bits per heavy atom. The molecular weight excluding hydrogens is 290 g/mol. The fourth-order valence-electron chi connectivity index (χ4n) is 1.97. The Bertz CT molecular complexity index is 564. The van der Waals surface area contributed by atoms with E-state index in [1.807, 2.05) is 6.92 Å². The van der Waals surface area contributed by atoms with E-state index >= 15 is 0 Å². The fraction of sp³-hybridized carbons (Fsp3) is 0.571. The molecule has 1 amide bonds. The highest BCUT2D eigenvalue weighted by Crippen LogP contribution is 2.46. The number of carbonyl (C=O) groups is 2. The summed E-state index contributed by atoms with van der Waals surface area (Å²) in [4.78, 5) is 24.3. The van der Waals surface area contributed by atoms with Crippen molar-refractivity contribution in [2.75, 3.05) is 31.2 Å². The molecule has 1 aliphatic carbocycles. The number of nitrogens with one attached hydrogen (secondary N) is 2. The third kappa shape index (κ3) is 3.29. The standard InChI is InChI=1S/C14H21N3O3S/c1-4-16-11(18)10-9(15)8(13(19)20-3)12(21-10)17-7-14(2)5-6-14/h17H,4-7,15H2,1-3H3,(H,16,18). The van der Waals surface area contributed by atoms with Gasteiger partial charge in [-0.3, -0.25) is 4.79 Å². The van der Waals surface area contributed by atoms with Crippen LogP contribution in [0.15, 0.2) is 0 Å². The lowest BCUT2D eigenvalue weighted by Crippen LogP contribution is -2.22. The van der Waals surface area contributed by atoms with E-state index in [-0.39, 0.29) is 22.6 Å². The van der Waals surface area contributed by atoms with Crippen LogP contribution in [0.1, 0.15) is 46.7 Å². The number of amides is 1. The van der Waals surface area contributed by atoms with Crippen LogP contribution in [-0.4, -0.2) is 32.1 Å². The third-order valence-corrected chi connectivity index (χ3v) is 4.82. The second-order valence-electron chi connectivity index (χ2n) is 5.56. The van der Waals surface area contributed by atoms with Crippen molar-refractivity contribution in [3.05, 3.63) is 10.4 Å². The van der Waals surface area contributed by atoms with E-state index in [0.717, 1.165) is 19.4 Å². The Hall–Kier alpha value is -1.76. The maximum absolute atomic E-state index is 12.0. The van der Waals surface area contributed by atoms with Gasteiger partial charge in [0.2, 0.25) is 0 Å². The molecule has 116 valence electrons. The minimum absolute atomic E-state index is 0.182. The number of nitrogen functional groups attached to an aromatic ring is 1. The number of rotatable bonds is 6. The van der Waals surface area contributed by atoms with Crippen molar-refractivity contribution in [2.45, 2.75) is 26.7 Å². The number of anilines is 2. The van der Waals surface area contributed by atoms with Gasteiger partial charge in [0.1, 0.15) is 15.4 Å². The zero-order valence-electron chi connectivity index (χ0n) is 12.5. The van der Waals surface area contributed by atoms with Crippen molar-refractivity contribution < 1.29 is 14.3 Å². The summed E-state index contributed by atoms with van der Waals surface area (Å²) in [6.07, 6.45) is 2.33. The van der Waals surface area contributed by atoms with Crippen LogP contribution >= 0.6 is 11.3 Å². The fourth-order valence-corrected chi connectivity index (χ4v) is 2.99. The summed E-state index contributed by atoms with van der Waals surface area (Å²) in [6.45, 7) is 5.27. The van der Waals surface area contributed by atoms with Gasteiger partial charge in [0.25, 0.3) is 5.91 Å². The van der Waals surface area contributed by atoms with E-state index in [2.05, 4.69) is 17.6 Å². The Labute approximate surface area is 128 Å². The first-order valence-electron chi connectivity index (χ1n) is 6.94. The number of hydrogen-bond acceptors (Lipinski definition) is 6. The number of nitrogens with two attached hydrogens (primary N) is 1. The molecule has 0 atom stereocenters. The number of carbonyl (C=O) groups excluding carboxylic acids is 2. The first-order chi connectivity index (χ1) is 9.91. The molecular formula is C14H21N3O3S. The third-order valence-electron chi connectivity index (χ3n) is 3.66. The average molecular weight is 311 g/mol. The second-order valence-corrected chi connectivity index (χ2v) is 6.58. The molecule has 0 unspecified atom stereocenters. The molecule has 4 N–H and O–H groups in total. The summed E-state index contributed by atoms with van der Waals surface area (Å²) >= 11 is 1.20. The normalized spacial score (nSPS) is 15.4. The second kappa shape index (κ2) is 5.93. The quantitative estimate of drug-likeness (QED) is 0.699. The van der Waals surface area contributed by atoms with Crippen molar-refractivity contribution >= 4 is 33.9 Å². The van der Waals surface area contributed by atoms with E-state index in [4.69, 9.17) is 10.5 Å². The van der Waals surface area contributed by atoms with Crippen LogP contribution in [0.25, 0.3) is 0 Å². The molecule has 0 saturated heterocycles. The predicted molar refractivity (Wildman–Crippen MR) is 83.9 cm³/mol. The van der Waals surface area contributed by atoms with E-state index in [9.17, 15) is 9.59 Å². The van der Waals surface area contributed by atoms with Crippen molar-refractivity contribution in [1.82, 2.24) is 5.32 Å². The number of ether oxygens (including phenoxy) is 1. The zero-order valence-corrected chi connectivity index (χ0v) is 13.4. The maximum Gasteiger partial charge on any atom is 0.343 e. The van der Waals surface area contributed by atoms with Crippen LogP contribution in [-0.2, 0) is 4.74 Å². The van der Waals surface area contributed by atoms with Gasteiger partial charge in [-0.25, -0.2) is 4.79 Å². The van der Waals surface area contributed by atoms with Crippen molar-refractivity contribution in [1.29, 1.82) is 0 Å². The van der Waals surface area contributed by atoms with E-state index in [1.165, 1.54) is 18.4 Å². The lowest BCUT2D eigenvalue weighted by molar-refractivity contribution is 0.0603. The molecule has 1 aliphatic rings. The monoisotopic (exact) mass is 311 g/mol. The number of thiophene rings is 1. The lowest BCUT2D eigenvalue weighted by Gasteiger charge is -2.11. The van der Waals surface area contributed by atoms with Gasteiger partial charge >= 0.3 is 5.97 Å². The lowest BCUT2D eigenvalue weighted by atomic mass is 10.1. The zero-order chi connectivity index (χ0) is 15.6. The number of hydrogen-bond donors (Lipinski definition) is 3. The van der Waals surface area contributed by atoms with Gasteiger partial charge in [0.05, 0.1) is 12.8 Å². The molecule has 0 radical (unpaired) electrons. The van der Waals surface area contributed by atoms with Gasteiger partial charge < -0.3 is 21.1 Å². The first kappa shape index (κ1) is 15.6. The van der Waals surface area contributed by atoms with Crippen molar-refractivity contribution in [3.8, 4) is 0 Å². The maximum atomic E-state index is 12.0. The SMILES string of the molecule is CCNC(=O)c1sc(NCC2(C)CC2)c(C(=O)OC)c1N. The topological polar surface area (TPSA) is 93.5 Å². The van der Waals surface area contributed by atoms with E-state index in [0.29, 0.717) is 16.4 Å². The molecule has 0 aliphatic heterocycles. The summed E-state index contributed by atoms with van der Waals surface area (Å²) in [5.41, 5.74) is 6.69. The number of esters is 1. The molecule has 1 aromatic rings. The van der Waals surface area contributed by atoms with Crippen molar-refractivity contribution in [3.63, 3.8) is 0 Å². The Morgan fingerprint density at radius 3 is 2.62 bits per heavy atom. The Morgan fingerprint density at radius 2 is 2.10 bits per heavy atom. The van der Waals surface area contributed by atoms with Crippen LogP contribution in [0.5, 0.6) is 0 Å². The van der Waals surface area contributed by atoms with Crippen LogP contribution in [0.3, 0.4) is 0 Å². The van der Waals surface area contributed by atoms with Gasteiger partial charge in [0, 0.05) is 13.1 Å².